The molecule has 6 nitrogen and oxygen atoms in total. The lowest BCUT2D eigenvalue weighted by molar-refractivity contribution is -0.140. The highest BCUT2D eigenvalue weighted by Crippen LogP contribution is 2.40. The molecule has 2 aromatic carbocycles. The number of benzene rings is 2. The third-order valence-corrected chi connectivity index (χ3v) is 6.19. The van der Waals surface area contributed by atoms with Gasteiger partial charge in [0.2, 0.25) is 0 Å². The maximum Gasteiger partial charge on any atom is 0.295 e. The molecule has 0 unspecified atom stereocenters. The Bertz CT molecular complexity index is 1040. The van der Waals surface area contributed by atoms with Crippen LogP contribution in [0.4, 0.5) is 0 Å². The molecule has 0 aromatic heterocycles. The number of hydrogen-bond donors (Lipinski definition) is 1. The van der Waals surface area contributed by atoms with E-state index in [-0.39, 0.29) is 11.3 Å². The summed E-state index contributed by atoms with van der Waals surface area (Å²) < 4.78 is 11.0. The second-order valence-electron chi connectivity index (χ2n) is 8.62. The number of aryl methyl sites for hydroxylation is 2. The van der Waals surface area contributed by atoms with Gasteiger partial charge in [-0.15, -0.1) is 0 Å². The van der Waals surface area contributed by atoms with E-state index in [0.29, 0.717) is 31.7 Å². The molecule has 0 saturated carbocycles. The van der Waals surface area contributed by atoms with Crippen LogP contribution < -0.4 is 4.74 Å². The first-order chi connectivity index (χ1) is 16.4. The van der Waals surface area contributed by atoms with E-state index in [2.05, 4.69) is 13.8 Å². The standard InChI is InChI=1S/C28H35NO5/c1-5-7-17-34-23-14-13-22(18-19(23)3)26(30)24-25(21-11-9-20(6-2)10-12-21)29(15-8-16-33-4)28(32)27(24)31/h9-14,18,25,30H,5-8,15-17H2,1-4H3/t25-/m1/s1. The molecule has 1 amide bonds. The maximum atomic E-state index is 13.1. The van der Waals surface area contributed by atoms with Crippen molar-refractivity contribution in [1.29, 1.82) is 0 Å². The molecular weight excluding hydrogens is 430 g/mol. The highest BCUT2D eigenvalue weighted by Gasteiger charge is 2.45. The second-order valence-corrected chi connectivity index (χ2v) is 8.62. The summed E-state index contributed by atoms with van der Waals surface area (Å²) in [4.78, 5) is 27.7. The Kier molecular flexibility index (Phi) is 8.88. The summed E-state index contributed by atoms with van der Waals surface area (Å²) >= 11 is 0. The van der Waals surface area contributed by atoms with E-state index in [1.807, 2.05) is 31.2 Å². The molecule has 0 radical (unpaired) electrons. The number of carbonyl (C=O) groups is 2. The van der Waals surface area contributed by atoms with E-state index in [0.717, 1.165) is 41.7 Å². The average molecular weight is 466 g/mol. The van der Waals surface area contributed by atoms with E-state index < -0.39 is 17.7 Å². The molecule has 6 heteroatoms. The number of methoxy groups -OCH3 is 1. The van der Waals surface area contributed by atoms with Crippen molar-refractivity contribution in [3.8, 4) is 5.75 Å². The van der Waals surface area contributed by atoms with Crippen molar-refractivity contribution >= 4 is 17.4 Å². The molecule has 1 heterocycles. The smallest absolute Gasteiger partial charge is 0.295 e. The van der Waals surface area contributed by atoms with Gasteiger partial charge in [-0.1, -0.05) is 44.5 Å². The van der Waals surface area contributed by atoms with Gasteiger partial charge in [0.1, 0.15) is 11.5 Å². The molecule has 1 atom stereocenters. The van der Waals surface area contributed by atoms with Crippen LogP contribution in [0.3, 0.4) is 0 Å². The van der Waals surface area contributed by atoms with Gasteiger partial charge in [0.05, 0.1) is 18.2 Å². The first-order valence-corrected chi connectivity index (χ1v) is 12.0. The summed E-state index contributed by atoms with van der Waals surface area (Å²) in [6.45, 7) is 7.55. The van der Waals surface area contributed by atoms with E-state index >= 15 is 0 Å². The van der Waals surface area contributed by atoms with Crippen molar-refractivity contribution in [2.75, 3.05) is 26.9 Å². The topological polar surface area (TPSA) is 76.1 Å². The Balaban J connectivity index is 2.03. The van der Waals surface area contributed by atoms with E-state index in [1.54, 1.807) is 30.2 Å². The lowest BCUT2D eigenvalue weighted by Crippen LogP contribution is -2.31. The van der Waals surface area contributed by atoms with Crippen molar-refractivity contribution in [1.82, 2.24) is 4.90 Å². The van der Waals surface area contributed by atoms with Crippen LogP contribution in [0.25, 0.3) is 5.76 Å². The third kappa shape index (κ3) is 5.50. The zero-order valence-electron chi connectivity index (χ0n) is 20.6. The largest absolute Gasteiger partial charge is 0.507 e. The number of Topliss-reactive ketones (excluding diaryl/α,β-unsaturated/α-hetero) is 1. The van der Waals surface area contributed by atoms with Gasteiger partial charge in [-0.3, -0.25) is 9.59 Å². The molecule has 1 saturated heterocycles. The summed E-state index contributed by atoms with van der Waals surface area (Å²) in [6.07, 6.45) is 3.49. The van der Waals surface area contributed by atoms with Gasteiger partial charge < -0.3 is 19.5 Å². The number of unbranched alkanes of at least 4 members (excludes halogenated alkanes) is 1. The van der Waals surface area contributed by atoms with Gasteiger partial charge in [0, 0.05) is 25.8 Å². The minimum absolute atomic E-state index is 0.116. The van der Waals surface area contributed by atoms with Crippen molar-refractivity contribution < 1.29 is 24.2 Å². The van der Waals surface area contributed by atoms with Crippen LogP contribution in [-0.2, 0) is 20.7 Å². The molecule has 0 aliphatic carbocycles. The third-order valence-electron chi connectivity index (χ3n) is 6.19. The molecule has 1 aliphatic rings. The van der Waals surface area contributed by atoms with Crippen molar-refractivity contribution in [2.24, 2.45) is 0 Å². The number of carbonyl (C=O) groups excluding carboxylic acids is 2. The fourth-order valence-corrected chi connectivity index (χ4v) is 4.21. The summed E-state index contributed by atoms with van der Waals surface area (Å²) in [5, 5.41) is 11.3. The van der Waals surface area contributed by atoms with Crippen LogP contribution in [0.15, 0.2) is 48.0 Å². The van der Waals surface area contributed by atoms with Crippen LogP contribution in [0.1, 0.15) is 61.4 Å². The fraction of sp³-hybridized carbons (Fsp3) is 0.429. The molecule has 3 rings (SSSR count). The second kappa shape index (κ2) is 11.8. The summed E-state index contributed by atoms with van der Waals surface area (Å²) in [6, 6.07) is 12.5. The van der Waals surface area contributed by atoms with Crippen LogP contribution in [0.2, 0.25) is 0 Å². The number of aliphatic hydroxyl groups excluding tert-OH is 1. The van der Waals surface area contributed by atoms with Crippen molar-refractivity contribution in [3.05, 3.63) is 70.3 Å². The summed E-state index contributed by atoms with van der Waals surface area (Å²) in [5.74, 6) is -0.684. The molecule has 0 spiro atoms. The Morgan fingerprint density at radius 3 is 2.38 bits per heavy atom. The van der Waals surface area contributed by atoms with Crippen LogP contribution >= 0.6 is 0 Å². The molecule has 1 N–H and O–H groups in total. The molecule has 0 bridgehead atoms. The fourth-order valence-electron chi connectivity index (χ4n) is 4.21. The first-order valence-electron chi connectivity index (χ1n) is 12.0. The van der Waals surface area contributed by atoms with Crippen LogP contribution in [-0.4, -0.2) is 48.6 Å². The number of ether oxygens (including phenoxy) is 2. The zero-order chi connectivity index (χ0) is 24.7. The number of amides is 1. The van der Waals surface area contributed by atoms with Crippen molar-refractivity contribution in [2.45, 2.75) is 52.5 Å². The molecule has 1 fully saturated rings. The van der Waals surface area contributed by atoms with E-state index in [9.17, 15) is 14.7 Å². The predicted octanol–water partition coefficient (Wildman–Crippen LogP) is 5.19. The predicted molar refractivity (Wildman–Crippen MR) is 133 cm³/mol. The van der Waals surface area contributed by atoms with Gasteiger partial charge >= 0.3 is 0 Å². The number of likely N-dealkylation sites (tertiary alicyclic amines) is 1. The maximum absolute atomic E-state index is 13.1. The quantitative estimate of drug-likeness (QED) is 0.214. The van der Waals surface area contributed by atoms with Gasteiger partial charge in [-0.2, -0.15) is 0 Å². The number of hydrogen-bond acceptors (Lipinski definition) is 5. The highest BCUT2D eigenvalue weighted by atomic mass is 16.5. The number of rotatable bonds is 11. The van der Waals surface area contributed by atoms with Crippen LogP contribution in [0.5, 0.6) is 5.75 Å². The Morgan fingerprint density at radius 2 is 1.76 bits per heavy atom. The molecule has 2 aromatic rings. The molecule has 182 valence electrons. The van der Waals surface area contributed by atoms with Gasteiger partial charge in [-0.05, 0) is 61.1 Å². The normalized spacial score (nSPS) is 17.4. The highest BCUT2D eigenvalue weighted by molar-refractivity contribution is 6.46. The lowest BCUT2D eigenvalue weighted by atomic mass is 9.94. The summed E-state index contributed by atoms with van der Waals surface area (Å²) in [5.41, 5.74) is 3.43. The van der Waals surface area contributed by atoms with Crippen LogP contribution in [0, 0.1) is 6.92 Å². The minimum Gasteiger partial charge on any atom is -0.507 e. The Labute approximate surface area is 202 Å². The Morgan fingerprint density at radius 1 is 1.03 bits per heavy atom. The molecule has 1 aliphatic heterocycles. The van der Waals surface area contributed by atoms with Gasteiger partial charge in [0.15, 0.2) is 0 Å². The van der Waals surface area contributed by atoms with Gasteiger partial charge in [-0.25, -0.2) is 0 Å². The monoisotopic (exact) mass is 465 g/mol. The SMILES string of the molecule is CCCCOc1ccc(C(O)=C2C(=O)C(=O)N(CCCOC)[C@@H]2c2ccc(CC)cc2)cc1C. The Hall–Kier alpha value is -3.12. The first kappa shape index (κ1) is 25.5. The number of nitrogens with zero attached hydrogens (tertiary/aromatic N) is 1. The number of ketones is 1. The number of aliphatic hydroxyl groups is 1. The van der Waals surface area contributed by atoms with E-state index in [4.69, 9.17) is 9.47 Å². The molecule has 34 heavy (non-hydrogen) atoms. The molecular formula is C28H35NO5. The average Bonchev–Trinajstić information content (AvgIpc) is 3.10. The van der Waals surface area contributed by atoms with Gasteiger partial charge in [0.25, 0.3) is 11.7 Å². The summed E-state index contributed by atoms with van der Waals surface area (Å²) in [7, 11) is 1.60. The van der Waals surface area contributed by atoms with Crippen molar-refractivity contribution in [3.63, 3.8) is 0 Å². The lowest BCUT2D eigenvalue weighted by Gasteiger charge is -2.25. The zero-order valence-corrected chi connectivity index (χ0v) is 20.6. The van der Waals surface area contributed by atoms with E-state index in [1.165, 1.54) is 0 Å². The minimum atomic E-state index is -0.666.